The molecule has 0 saturated carbocycles. The van der Waals surface area contributed by atoms with Crippen LogP contribution < -0.4 is 0 Å². The first-order chi connectivity index (χ1) is 4.36. The lowest BCUT2D eigenvalue weighted by Crippen LogP contribution is -1.66. The molecular formula is C5H3BrN2S. The molecule has 0 fully saturated rings. The predicted molar refractivity (Wildman–Crippen MR) is 40.8 cm³/mol. The van der Waals surface area contributed by atoms with Gasteiger partial charge in [-0.05, 0) is 15.9 Å². The third-order valence-electron chi connectivity index (χ3n) is 1.06. The molecule has 0 amide bonds. The van der Waals surface area contributed by atoms with Crippen molar-refractivity contribution >= 4 is 32.2 Å². The van der Waals surface area contributed by atoms with Gasteiger partial charge < -0.3 is 0 Å². The fourth-order valence-corrected chi connectivity index (χ4v) is 2.03. The summed E-state index contributed by atoms with van der Waals surface area (Å²) in [6.45, 7) is 0. The molecule has 0 atom stereocenters. The number of fused-ring (bicyclic) bond motifs is 1. The van der Waals surface area contributed by atoms with Crippen molar-refractivity contribution in [1.82, 2.24) is 9.38 Å². The molecule has 0 aliphatic heterocycles. The van der Waals surface area contributed by atoms with Gasteiger partial charge >= 0.3 is 0 Å². The highest BCUT2D eigenvalue weighted by Crippen LogP contribution is 2.20. The maximum Gasteiger partial charge on any atom is 0.194 e. The highest BCUT2D eigenvalue weighted by Gasteiger charge is 1.96. The summed E-state index contributed by atoms with van der Waals surface area (Å²) in [4.78, 5) is 5.12. The molecule has 0 aliphatic rings. The van der Waals surface area contributed by atoms with Crippen LogP contribution in [0.25, 0.3) is 4.96 Å². The van der Waals surface area contributed by atoms with Crippen LogP contribution in [0.2, 0.25) is 0 Å². The second-order valence-corrected chi connectivity index (χ2v) is 4.04. The molecule has 2 aromatic heterocycles. The Hall–Kier alpha value is -0.350. The van der Waals surface area contributed by atoms with E-state index >= 15 is 0 Å². The number of rotatable bonds is 0. The first-order valence-corrected chi connectivity index (χ1v) is 4.05. The topological polar surface area (TPSA) is 17.3 Å². The van der Waals surface area contributed by atoms with Crippen LogP contribution in [0.4, 0.5) is 0 Å². The zero-order valence-corrected chi connectivity index (χ0v) is 6.82. The number of halogens is 1. The molecule has 9 heavy (non-hydrogen) atoms. The Labute approximate surface area is 64.3 Å². The highest BCUT2D eigenvalue weighted by atomic mass is 79.9. The minimum atomic E-state index is 1.03. The summed E-state index contributed by atoms with van der Waals surface area (Å²) in [5, 5.41) is 0. The normalized spacial score (nSPS) is 10.8. The Morgan fingerprint density at radius 3 is 3.33 bits per heavy atom. The molecule has 46 valence electrons. The van der Waals surface area contributed by atoms with Crippen LogP contribution in [-0.2, 0) is 0 Å². The standard InChI is InChI=1S/C5H3BrN2S/c6-4-3-8-2-1-7-5(8)9-4/h1-3H. The van der Waals surface area contributed by atoms with Crippen molar-refractivity contribution < 1.29 is 0 Å². The number of hydrogen-bond donors (Lipinski definition) is 0. The van der Waals surface area contributed by atoms with Gasteiger partial charge in [-0.25, -0.2) is 4.98 Å². The molecule has 0 spiro atoms. The van der Waals surface area contributed by atoms with E-state index < -0.39 is 0 Å². The van der Waals surface area contributed by atoms with Gasteiger partial charge in [-0.3, -0.25) is 4.40 Å². The summed E-state index contributed by atoms with van der Waals surface area (Å²) in [6, 6.07) is 0. The first-order valence-electron chi connectivity index (χ1n) is 2.44. The summed E-state index contributed by atoms with van der Waals surface area (Å²) < 4.78 is 3.10. The zero-order chi connectivity index (χ0) is 6.27. The number of aromatic nitrogens is 2. The SMILES string of the molecule is Brc1cn2ccnc2s1. The lowest BCUT2D eigenvalue weighted by atomic mass is 10.9. The Kier molecular flexibility index (Phi) is 1.10. The third-order valence-corrected chi connectivity index (χ3v) is 2.55. The van der Waals surface area contributed by atoms with Crippen molar-refractivity contribution in [2.45, 2.75) is 0 Å². The summed E-state index contributed by atoms with van der Waals surface area (Å²) in [5.74, 6) is 0. The summed E-state index contributed by atoms with van der Waals surface area (Å²) >= 11 is 4.99. The van der Waals surface area contributed by atoms with Gasteiger partial charge in [0.15, 0.2) is 4.96 Å². The van der Waals surface area contributed by atoms with E-state index in [2.05, 4.69) is 20.9 Å². The van der Waals surface area contributed by atoms with Crippen LogP contribution in [0, 0.1) is 0 Å². The van der Waals surface area contributed by atoms with Gasteiger partial charge in [0.2, 0.25) is 0 Å². The molecule has 0 saturated heterocycles. The molecule has 0 unspecified atom stereocenters. The number of nitrogens with zero attached hydrogens (tertiary/aromatic N) is 2. The van der Waals surface area contributed by atoms with Crippen LogP contribution in [0.5, 0.6) is 0 Å². The van der Waals surface area contributed by atoms with E-state index in [-0.39, 0.29) is 0 Å². The average molecular weight is 203 g/mol. The number of hydrogen-bond acceptors (Lipinski definition) is 2. The van der Waals surface area contributed by atoms with Crippen molar-refractivity contribution in [1.29, 1.82) is 0 Å². The Bertz CT molecular complexity index is 296. The van der Waals surface area contributed by atoms with E-state index in [0.29, 0.717) is 0 Å². The molecule has 0 radical (unpaired) electrons. The van der Waals surface area contributed by atoms with Crippen molar-refractivity contribution in [3.05, 3.63) is 22.4 Å². The molecule has 2 heterocycles. The number of thiazole rings is 1. The van der Waals surface area contributed by atoms with Gasteiger partial charge in [0.1, 0.15) is 0 Å². The quantitative estimate of drug-likeness (QED) is 0.641. The maximum atomic E-state index is 4.09. The molecule has 0 aliphatic carbocycles. The van der Waals surface area contributed by atoms with Crippen molar-refractivity contribution in [2.75, 3.05) is 0 Å². The second-order valence-electron chi connectivity index (χ2n) is 1.65. The fraction of sp³-hybridized carbons (Fsp3) is 0. The van der Waals surface area contributed by atoms with Gasteiger partial charge in [-0.2, -0.15) is 0 Å². The van der Waals surface area contributed by atoms with E-state index in [0.717, 1.165) is 8.75 Å². The lowest BCUT2D eigenvalue weighted by Gasteiger charge is -1.72. The van der Waals surface area contributed by atoms with Crippen molar-refractivity contribution in [3.8, 4) is 0 Å². The van der Waals surface area contributed by atoms with Crippen LogP contribution in [0.3, 0.4) is 0 Å². The van der Waals surface area contributed by atoms with Gasteiger partial charge in [0.25, 0.3) is 0 Å². The van der Waals surface area contributed by atoms with E-state index in [4.69, 9.17) is 0 Å². The zero-order valence-electron chi connectivity index (χ0n) is 4.41. The Morgan fingerprint density at radius 1 is 1.67 bits per heavy atom. The van der Waals surface area contributed by atoms with Crippen molar-refractivity contribution in [3.63, 3.8) is 0 Å². The van der Waals surface area contributed by atoms with E-state index in [9.17, 15) is 0 Å². The van der Waals surface area contributed by atoms with Crippen LogP contribution in [0.1, 0.15) is 0 Å². The average Bonchev–Trinajstić information content (AvgIpc) is 2.22. The van der Waals surface area contributed by atoms with Gasteiger partial charge in [-0.1, -0.05) is 11.3 Å². The summed E-state index contributed by atoms with van der Waals surface area (Å²) in [5.41, 5.74) is 0. The summed E-state index contributed by atoms with van der Waals surface area (Å²) in [7, 11) is 0. The fourth-order valence-electron chi connectivity index (χ4n) is 0.700. The van der Waals surface area contributed by atoms with Gasteiger partial charge in [-0.15, -0.1) is 0 Å². The van der Waals surface area contributed by atoms with E-state index in [1.165, 1.54) is 0 Å². The monoisotopic (exact) mass is 202 g/mol. The van der Waals surface area contributed by atoms with E-state index in [1.807, 2.05) is 16.8 Å². The third kappa shape index (κ3) is 0.784. The smallest absolute Gasteiger partial charge is 0.194 e. The molecule has 0 N–H and O–H groups in total. The van der Waals surface area contributed by atoms with E-state index in [1.54, 1.807) is 17.5 Å². The number of imidazole rings is 1. The van der Waals surface area contributed by atoms with Crippen LogP contribution >= 0.6 is 27.3 Å². The maximum absolute atomic E-state index is 4.09. The van der Waals surface area contributed by atoms with Gasteiger partial charge in [0, 0.05) is 18.6 Å². The lowest BCUT2D eigenvalue weighted by molar-refractivity contribution is 1.23. The molecule has 0 aromatic carbocycles. The molecule has 4 heteroatoms. The summed E-state index contributed by atoms with van der Waals surface area (Å²) in [6.07, 6.45) is 5.71. The Balaban J connectivity index is 2.92. The molecule has 0 bridgehead atoms. The Morgan fingerprint density at radius 2 is 2.56 bits per heavy atom. The molecule has 2 nitrogen and oxygen atoms in total. The minimum Gasteiger partial charge on any atom is -0.297 e. The predicted octanol–water partition coefficient (Wildman–Crippen LogP) is 2.16. The second kappa shape index (κ2) is 1.82. The largest absolute Gasteiger partial charge is 0.297 e. The highest BCUT2D eigenvalue weighted by molar-refractivity contribution is 9.11. The molecule has 2 aromatic rings. The minimum absolute atomic E-state index is 1.03. The van der Waals surface area contributed by atoms with Crippen LogP contribution in [0.15, 0.2) is 22.4 Å². The van der Waals surface area contributed by atoms with Gasteiger partial charge in [0.05, 0.1) is 3.79 Å². The first kappa shape index (κ1) is 5.44. The molecule has 2 rings (SSSR count). The van der Waals surface area contributed by atoms with Crippen LogP contribution in [-0.4, -0.2) is 9.38 Å². The van der Waals surface area contributed by atoms with Crippen molar-refractivity contribution in [2.24, 2.45) is 0 Å². The molecular weight excluding hydrogens is 200 g/mol.